The summed E-state index contributed by atoms with van der Waals surface area (Å²) in [6.45, 7) is 2.91. The molecule has 4 N–H and O–H groups in total. The molecule has 0 aliphatic carbocycles. The molecule has 0 aliphatic rings. The van der Waals surface area contributed by atoms with Crippen molar-refractivity contribution in [1.29, 1.82) is 0 Å². The number of rotatable bonds is 8. The van der Waals surface area contributed by atoms with E-state index in [4.69, 9.17) is 5.73 Å². The molecular formula is C21H24F4N4O3. The number of carbonyl (C=O) groups excluding carboxylic acids is 2. The number of aryl methyl sites for hydroxylation is 2. The number of nitrogens with zero attached hydrogens (tertiary/aromatic N) is 1. The van der Waals surface area contributed by atoms with Crippen LogP contribution in [0.5, 0.6) is 0 Å². The fraction of sp³-hybridized carbons (Fsp3) is 0.381. The van der Waals surface area contributed by atoms with Crippen molar-refractivity contribution in [2.45, 2.75) is 39.2 Å². The predicted octanol–water partition coefficient (Wildman–Crippen LogP) is 3.34. The third-order valence-electron chi connectivity index (χ3n) is 4.72. The number of alkyl halides is 3. The summed E-state index contributed by atoms with van der Waals surface area (Å²) in [5.41, 5.74) is 7.09. The minimum Gasteiger partial charge on any atom is -0.383 e. The smallest absolute Gasteiger partial charge is 0.383 e. The first-order chi connectivity index (χ1) is 14.9. The summed E-state index contributed by atoms with van der Waals surface area (Å²) >= 11 is 0. The number of nitrogens with one attached hydrogen (secondary N) is 2. The maximum Gasteiger partial charge on any atom is 0.522 e. The minimum absolute atomic E-state index is 0.0231. The molecule has 0 fully saturated rings. The summed E-state index contributed by atoms with van der Waals surface area (Å²) in [6, 6.07) is 6.92. The highest BCUT2D eigenvalue weighted by molar-refractivity contribution is 6.39. The first-order valence-corrected chi connectivity index (χ1v) is 9.75. The molecule has 0 bridgehead atoms. The molecule has 7 nitrogen and oxygen atoms in total. The number of halogens is 4. The average Bonchev–Trinajstić information content (AvgIpc) is 2.72. The van der Waals surface area contributed by atoms with Gasteiger partial charge >= 0.3 is 18.2 Å². The lowest BCUT2D eigenvalue weighted by Crippen LogP contribution is -2.41. The van der Waals surface area contributed by atoms with Crippen LogP contribution in [0, 0.1) is 18.7 Å². The topological polar surface area (TPSA) is 106 Å². The van der Waals surface area contributed by atoms with Crippen molar-refractivity contribution in [2.75, 3.05) is 17.6 Å². The molecule has 0 aliphatic heterocycles. The molecule has 0 unspecified atom stereocenters. The van der Waals surface area contributed by atoms with Crippen LogP contribution < -0.4 is 16.4 Å². The van der Waals surface area contributed by atoms with Gasteiger partial charge in [0, 0.05) is 12.5 Å². The molecule has 32 heavy (non-hydrogen) atoms. The van der Waals surface area contributed by atoms with Crippen molar-refractivity contribution >= 4 is 23.3 Å². The average molecular weight is 456 g/mol. The second kappa shape index (κ2) is 10.9. The maximum atomic E-state index is 13.0. The monoisotopic (exact) mass is 456 g/mol. The van der Waals surface area contributed by atoms with Crippen LogP contribution in [-0.4, -0.2) is 35.8 Å². The van der Waals surface area contributed by atoms with E-state index in [1.54, 1.807) is 6.92 Å². The number of amides is 2. The zero-order chi connectivity index (χ0) is 23.9. The van der Waals surface area contributed by atoms with Crippen molar-refractivity contribution < 1.29 is 31.9 Å². The van der Waals surface area contributed by atoms with Gasteiger partial charge in [0.25, 0.3) is 0 Å². The Morgan fingerprint density at radius 1 is 1.19 bits per heavy atom. The van der Waals surface area contributed by atoms with Crippen LogP contribution in [0.2, 0.25) is 0 Å². The molecule has 11 heteroatoms. The quantitative estimate of drug-likeness (QED) is 0.417. The summed E-state index contributed by atoms with van der Waals surface area (Å²) in [5.74, 6) is -2.96. The van der Waals surface area contributed by atoms with Crippen LogP contribution in [0.1, 0.15) is 24.5 Å². The molecule has 0 saturated carbocycles. The lowest BCUT2D eigenvalue weighted by Gasteiger charge is -2.25. The summed E-state index contributed by atoms with van der Waals surface area (Å²) in [7, 11) is 0. The number of ether oxygens (including phenoxy) is 1. The SMILES string of the molecule is Cc1cc(NC(=O)C(=O)NC[C@@H](C)[C@H](CCc2ccc(F)cc2)OC(F)(F)F)cnc1N. The van der Waals surface area contributed by atoms with Crippen LogP contribution in [-0.2, 0) is 20.7 Å². The van der Waals surface area contributed by atoms with Gasteiger partial charge in [-0.05, 0) is 49.1 Å². The lowest BCUT2D eigenvalue weighted by atomic mass is 9.97. The highest BCUT2D eigenvalue weighted by atomic mass is 19.4. The zero-order valence-corrected chi connectivity index (χ0v) is 17.5. The molecule has 2 aromatic rings. The summed E-state index contributed by atoms with van der Waals surface area (Å²) in [5, 5.41) is 4.65. The number of aromatic nitrogens is 1. The Morgan fingerprint density at radius 2 is 1.84 bits per heavy atom. The third kappa shape index (κ3) is 8.14. The fourth-order valence-electron chi connectivity index (χ4n) is 2.90. The van der Waals surface area contributed by atoms with Crippen LogP contribution >= 0.6 is 0 Å². The summed E-state index contributed by atoms with van der Waals surface area (Å²) < 4.78 is 55.7. The molecule has 2 rings (SSSR count). The Balaban J connectivity index is 1.92. The largest absolute Gasteiger partial charge is 0.522 e. The van der Waals surface area contributed by atoms with Crippen molar-refractivity contribution in [3.8, 4) is 0 Å². The maximum absolute atomic E-state index is 13.0. The highest BCUT2D eigenvalue weighted by Crippen LogP contribution is 2.25. The number of nitrogens with two attached hydrogens (primary N) is 1. The molecule has 2 amide bonds. The van der Waals surface area contributed by atoms with E-state index in [0.29, 0.717) is 11.1 Å². The summed E-state index contributed by atoms with van der Waals surface area (Å²) in [6.07, 6.45) is -4.69. The van der Waals surface area contributed by atoms with Gasteiger partial charge in [0.1, 0.15) is 11.6 Å². The van der Waals surface area contributed by atoms with E-state index in [-0.39, 0.29) is 30.9 Å². The number of carbonyl (C=O) groups is 2. The number of benzene rings is 1. The molecule has 2 atom stereocenters. The lowest BCUT2D eigenvalue weighted by molar-refractivity contribution is -0.348. The Hall–Kier alpha value is -3.21. The first kappa shape index (κ1) is 25.1. The van der Waals surface area contributed by atoms with Crippen LogP contribution in [0.3, 0.4) is 0 Å². The van der Waals surface area contributed by atoms with Gasteiger partial charge < -0.3 is 16.4 Å². The molecule has 1 heterocycles. The number of nitrogen functional groups attached to an aromatic ring is 1. The van der Waals surface area contributed by atoms with Gasteiger partial charge in [-0.15, -0.1) is 13.2 Å². The second-order valence-electron chi connectivity index (χ2n) is 7.33. The number of pyridine rings is 1. The van der Waals surface area contributed by atoms with E-state index in [2.05, 4.69) is 20.4 Å². The highest BCUT2D eigenvalue weighted by Gasteiger charge is 2.35. The van der Waals surface area contributed by atoms with E-state index >= 15 is 0 Å². The minimum atomic E-state index is -4.87. The second-order valence-corrected chi connectivity index (χ2v) is 7.33. The van der Waals surface area contributed by atoms with Gasteiger partial charge in [0.2, 0.25) is 0 Å². The summed E-state index contributed by atoms with van der Waals surface area (Å²) in [4.78, 5) is 28.0. The zero-order valence-electron chi connectivity index (χ0n) is 17.5. The molecule has 0 radical (unpaired) electrons. The van der Waals surface area contributed by atoms with Gasteiger partial charge in [0.05, 0.1) is 18.0 Å². The van der Waals surface area contributed by atoms with Crippen LogP contribution in [0.4, 0.5) is 29.1 Å². The number of anilines is 2. The van der Waals surface area contributed by atoms with E-state index in [9.17, 15) is 27.2 Å². The van der Waals surface area contributed by atoms with E-state index in [1.807, 2.05) is 0 Å². The molecule has 1 aromatic heterocycles. The van der Waals surface area contributed by atoms with Gasteiger partial charge in [0.15, 0.2) is 0 Å². The van der Waals surface area contributed by atoms with E-state index < -0.39 is 36.0 Å². The third-order valence-corrected chi connectivity index (χ3v) is 4.72. The fourth-order valence-corrected chi connectivity index (χ4v) is 2.90. The van der Waals surface area contributed by atoms with Crippen molar-refractivity contribution in [2.24, 2.45) is 5.92 Å². The first-order valence-electron chi connectivity index (χ1n) is 9.75. The van der Waals surface area contributed by atoms with Crippen molar-refractivity contribution in [3.05, 3.63) is 53.5 Å². The number of hydrogen-bond acceptors (Lipinski definition) is 5. The van der Waals surface area contributed by atoms with Crippen LogP contribution in [0.25, 0.3) is 0 Å². The van der Waals surface area contributed by atoms with E-state index in [0.717, 1.165) is 0 Å². The van der Waals surface area contributed by atoms with Gasteiger partial charge in [-0.3, -0.25) is 14.3 Å². The normalized spacial score (nSPS) is 13.3. The molecule has 174 valence electrons. The molecule has 1 aromatic carbocycles. The van der Waals surface area contributed by atoms with Gasteiger partial charge in [-0.25, -0.2) is 9.37 Å². The Kier molecular flexibility index (Phi) is 8.53. The Labute approximate surface area is 182 Å². The Morgan fingerprint density at radius 3 is 2.44 bits per heavy atom. The number of hydrogen-bond donors (Lipinski definition) is 3. The van der Waals surface area contributed by atoms with Crippen molar-refractivity contribution in [3.63, 3.8) is 0 Å². The Bertz CT molecular complexity index is 936. The predicted molar refractivity (Wildman–Crippen MR) is 110 cm³/mol. The molecular weight excluding hydrogens is 432 g/mol. The molecule has 0 spiro atoms. The van der Waals surface area contributed by atoms with Gasteiger partial charge in [-0.2, -0.15) is 0 Å². The van der Waals surface area contributed by atoms with Gasteiger partial charge in [-0.1, -0.05) is 19.1 Å². The van der Waals surface area contributed by atoms with Crippen LogP contribution in [0.15, 0.2) is 36.5 Å². The standard InChI is InChI=1S/C21H24F4N4O3/c1-12-9-16(11-27-18(12)26)29-20(31)19(30)28-10-13(2)17(32-21(23,24)25)8-5-14-3-6-15(22)7-4-14/h3-4,6-7,9,11,13,17H,5,8,10H2,1-2H3,(H2,26,27)(H,28,30)(H,29,31)/t13-,17+/m1/s1. The van der Waals surface area contributed by atoms with Crippen molar-refractivity contribution in [1.82, 2.24) is 10.3 Å². The van der Waals surface area contributed by atoms with E-state index in [1.165, 1.54) is 43.5 Å². The molecule has 0 saturated heterocycles.